The van der Waals surface area contributed by atoms with Crippen molar-refractivity contribution in [3.05, 3.63) is 68.5 Å². The number of likely N-dealkylation sites (tertiary alicyclic amines) is 1. The summed E-state index contributed by atoms with van der Waals surface area (Å²) in [5.41, 5.74) is 6.60. The molecule has 2 atom stereocenters. The summed E-state index contributed by atoms with van der Waals surface area (Å²) in [6.07, 6.45) is -3.68. The molecule has 1 saturated heterocycles. The Morgan fingerprint density at radius 3 is 2.41 bits per heavy atom. The molecule has 0 bridgehead atoms. The fourth-order valence-electron chi connectivity index (χ4n) is 3.16. The SMILES string of the molecule is Cc1cn(CC(=O)N2CC(N)C(COCc3ccccc3)C2)c(=O)[nH]c1=O.O=C(O)C(F)(F)F. The highest BCUT2D eigenvalue weighted by atomic mass is 19.4. The number of rotatable bonds is 6. The molecule has 2 unspecified atom stereocenters. The Labute approximate surface area is 191 Å². The van der Waals surface area contributed by atoms with E-state index in [0.29, 0.717) is 31.9 Å². The van der Waals surface area contributed by atoms with Crippen LogP contribution in [0.15, 0.2) is 46.1 Å². The van der Waals surface area contributed by atoms with E-state index in [1.807, 2.05) is 30.3 Å². The van der Waals surface area contributed by atoms with Crippen LogP contribution in [0.4, 0.5) is 13.2 Å². The average Bonchev–Trinajstić information content (AvgIpc) is 3.13. The Kier molecular flexibility index (Phi) is 9.15. The topological polar surface area (TPSA) is 148 Å². The number of carbonyl (C=O) groups excluding carboxylic acids is 1. The van der Waals surface area contributed by atoms with Gasteiger partial charge in [0, 0.05) is 36.8 Å². The molecule has 34 heavy (non-hydrogen) atoms. The number of benzene rings is 1. The molecule has 1 aromatic carbocycles. The van der Waals surface area contributed by atoms with E-state index in [9.17, 15) is 27.6 Å². The predicted octanol–water partition coefficient (Wildman–Crippen LogP) is 0.481. The number of ether oxygens (including phenoxy) is 1. The maximum absolute atomic E-state index is 12.5. The van der Waals surface area contributed by atoms with Crippen molar-refractivity contribution >= 4 is 11.9 Å². The van der Waals surface area contributed by atoms with Crippen molar-refractivity contribution in [1.29, 1.82) is 0 Å². The minimum absolute atomic E-state index is 0.0479. The summed E-state index contributed by atoms with van der Waals surface area (Å²) in [4.78, 5) is 48.5. The van der Waals surface area contributed by atoms with Crippen molar-refractivity contribution in [1.82, 2.24) is 14.5 Å². The second-order valence-electron chi connectivity index (χ2n) is 7.73. The number of hydrogen-bond acceptors (Lipinski definition) is 6. The van der Waals surface area contributed by atoms with E-state index < -0.39 is 23.4 Å². The van der Waals surface area contributed by atoms with Crippen LogP contribution in [-0.4, -0.2) is 63.3 Å². The molecule has 10 nitrogen and oxygen atoms in total. The number of H-pyrrole nitrogens is 1. The van der Waals surface area contributed by atoms with Crippen LogP contribution in [-0.2, 0) is 27.5 Å². The van der Waals surface area contributed by atoms with Crippen molar-refractivity contribution in [3.63, 3.8) is 0 Å². The third-order valence-corrected chi connectivity index (χ3v) is 5.02. The lowest BCUT2D eigenvalue weighted by molar-refractivity contribution is -0.192. The molecule has 1 amide bonds. The third kappa shape index (κ3) is 7.85. The molecule has 1 aliphatic rings. The van der Waals surface area contributed by atoms with Crippen LogP contribution < -0.4 is 17.0 Å². The highest BCUT2D eigenvalue weighted by molar-refractivity contribution is 5.76. The van der Waals surface area contributed by atoms with Gasteiger partial charge >= 0.3 is 17.8 Å². The number of nitrogens with one attached hydrogen (secondary N) is 1. The second-order valence-corrected chi connectivity index (χ2v) is 7.73. The Morgan fingerprint density at radius 2 is 1.82 bits per heavy atom. The first-order valence-corrected chi connectivity index (χ1v) is 10.1. The van der Waals surface area contributed by atoms with Gasteiger partial charge in [-0.05, 0) is 12.5 Å². The molecule has 1 aliphatic heterocycles. The van der Waals surface area contributed by atoms with Gasteiger partial charge < -0.3 is 20.5 Å². The summed E-state index contributed by atoms with van der Waals surface area (Å²) >= 11 is 0. The van der Waals surface area contributed by atoms with Crippen molar-refractivity contribution < 1.29 is 32.6 Å². The second kappa shape index (κ2) is 11.6. The summed E-state index contributed by atoms with van der Waals surface area (Å²) in [5, 5.41) is 7.12. The summed E-state index contributed by atoms with van der Waals surface area (Å²) in [7, 11) is 0. The van der Waals surface area contributed by atoms with Gasteiger partial charge in [0.05, 0.1) is 13.2 Å². The number of carboxylic acid groups (broad SMARTS) is 1. The molecule has 0 radical (unpaired) electrons. The summed E-state index contributed by atoms with van der Waals surface area (Å²) in [6.45, 7) is 3.36. The van der Waals surface area contributed by atoms with Crippen LogP contribution in [0.3, 0.4) is 0 Å². The lowest BCUT2D eigenvalue weighted by Crippen LogP contribution is -2.38. The molecule has 2 heterocycles. The number of nitrogens with zero attached hydrogens (tertiary/aromatic N) is 2. The summed E-state index contributed by atoms with van der Waals surface area (Å²) in [6, 6.07) is 9.69. The van der Waals surface area contributed by atoms with Crippen LogP contribution in [0.5, 0.6) is 0 Å². The molecular weight excluding hydrogens is 461 g/mol. The van der Waals surface area contributed by atoms with Gasteiger partial charge in [-0.2, -0.15) is 13.2 Å². The monoisotopic (exact) mass is 486 g/mol. The number of hydrogen-bond donors (Lipinski definition) is 3. The van der Waals surface area contributed by atoms with E-state index in [0.717, 1.165) is 5.56 Å². The smallest absolute Gasteiger partial charge is 0.475 e. The Bertz CT molecular complexity index is 1100. The van der Waals surface area contributed by atoms with Crippen LogP contribution in [0.25, 0.3) is 0 Å². The summed E-state index contributed by atoms with van der Waals surface area (Å²) < 4.78 is 38.7. The Balaban J connectivity index is 0.000000509. The van der Waals surface area contributed by atoms with Gasteiger partial charge in [0.15, 0.2) is 0 Å². The molecule has 2 aromatic rings. The zero-order valence-electron chi connectivity index (χ0n) is 18.2. The van der Waals surface area contributed by atoms with E-state index in [4.69, 9.17) is 20.4 Å². The van der Waals surface area contributed by atoms with Gasteiger partial charge in [0.1, 0.15) is 6.54 Å². The lowest BCUT2D eigenvalue weighted by atomic mass is 10.1. The molecule has 0 spiro atoms. The fraction of sp³-hybridized carbons (Fsp3) is 0.429. The van der Waals surface area contributed by atoms with E-state index in [1.165, 1.54) is 10.8 Å². The van der Waals surface area contributed by atoms with Crippen molar-refractivity contribution in [2.45, 2.75) is 32.3 Å². The molecule has 3 rings (SSSR count). The molecule has 1 fully saturated rings. The van der Waals surface area contributed by atoms with Crippen molar-refractivity contribution in [3.8, 4) is 0 Å². The van der Waals surface area contributed by atoms with E-state index in [2.05, 4.69) is 4.98 Å². The summed E-state index contributed by atoms with van der Waals surface area (Å²) in [5.74, 6) is -2.91. The number of aromatic nitrogens is 2. The highest BCUT2D eigenvalue weighted by Crippen LogP contribution is 2.17. The molecule has 1 aromatic heterocycles. The Morgan fingerprint density at radius 1 is 1.21 bits per heavy atom. The zero-order chi connectivity index (χ0) is 25.5. The number of aliphatic carboxylic acids is 1. The maximum Gasteiger partial charge on any atom is 0.490 e. The van der Waals surface area contributed by atoms with Gasteiger partial charge in [0.2, 0.25) is 5.91 Å². The molecule has 4 N–H and O–H groups in total. The van der Waals surface area contributed by atoms with Gasteiger partial charge in [-0.1, -0.05) is 30.3 Å². The number of aromatic amines is 1. The van der Waals surface area contributed by atoms with Crippen molar-refractivity contribution in [2.24, 2.45) is 11.7 Å². The lowest BCUT2D eigenvalue weighted by Gasteiger charge is -2.17. The normalized spacial score (nSPS) is 17.7. The van der Waals surface area contributed by atoms with E-state index in [-0.39, 0.29) is 24.4 Å². The van der Waals surface area contributed by atoms with Gasteiger partial charge in [0.25, 0.3) is 5.56 Å². The first-order valence-electron chi connectivity index (χ1n) is 10.1. The molecule has 13 heteroatoms. The highest BCUT2D eigenvalue weighted by Gasteiger charge is 2.38. The fourth-order valence-corrected chi connectivity index (χ4v) is 3.16. The minimum Gasteiger partial charge on any atom is -0.475 e. The van der Waals surface area contributed by atoms with Crippen LogP contribution >= 0.6 is 0 Å². The molecule has 186 valence electrons. The van der Waals surface area contributed by atoms with Crippen LogP contribution in [0.1, 0.15) is 11.1 Å². The van der Waals surface area contributed by atoms with Crippen LogP contribution in [0.2, 0.25) is 0 Å². The number of nitrogens with two attached hydrogens (primary N) is 1. The van der Waals surface area contributed by atoms with Crippen molar-refractivity contribution in [2.75, 3.05) is 19.7 Å². The van der Waals surface area contributed by atoms with E-state index >= 15 is 0 Å². The predicted molar refractivity (Wildman–Crippen MR) is 114 cm³/mol. The standard InChI is InChI=1S/C19H24N4O4.C2HF3O2/c1-13-7-23(19(26)21-18(13)25)10-17(24)22-8-15(16(20)9-22)12-27-11-14-5-3-2-4-6-14;3-2(4,5)1(6)7/h2-7,15-16H,8-12,20H2,1H3,(H,21,25,26);(H,6,7). The number of amides is 1. The number of alkyl halides is 3. The minimum atomic E-state index is -5.08. The number of halogens is 3. The third-order valence-electron chi connectivity index (χ3n) is 5.02. The first-order chi connectivity index (χ1) is 15.9. The zero-order valence-corrected chi connectivity index (χ0v) is 18.2. The molecule has 0 aliphatic carbocycles. The molecule has 0 saturated carbocycles. The number of carbonyl (C=O) groups is 2. The van der Waals surface area contributed by atoms with Gasteiger partial charge in [-0.15, -0.1) is 0 Å². The van der Waals surface area contributed by atoms with Crippen LogP contribution in [0, 0.1) is 12.8 Å². The van der Waals surface area contributed by atoms with E-state index in [1.54, 1.807) is 11.8 Å². The first kappa shape index (κ1) is 26.8. The maximum atomic E-state index is 12.5. The Hall–Kier alpha value is -3.45. The average molecular weight is 486 g/mol. The number of carboxylic acids is 1. The van der Waals surface area contributed by atoms with Gasteiger partial charge in [-0.3, -0.25) is 19.1 Å². The molecular formula is C21H25F3N4O6. The quantitative estimate of drug-likeness (QED) is 0.538. The van der Waals surface area contributed by atoms with Gasteiger partial charge in [-0.25, -0.2) is 9.59 Å². The largest absolute Gasteiger partial charge is 0.490 e. The number of aryl methyl sites for hydroxylation is 1.